The summed E-state index contributed by atoms with van der Waals surface area (Å²) in [5.74, 6) is 0. The highest BCUT2D eigenvalue weighted by Crippen LogP contribution is 2.21. The molecule has 2 aromatic rings. The molecule has 0 spiro atoms. The minimum Gasteiger partial charge on any atom is -0.384 e. The molecule has 0 saturated heterocycles. The highest BCUT2D eigenvalue weighted by Gasteiger charge is 1.99. The third-order valence-electron chi connectivity index (χ3n) is 3.99. The van der Waals surface area contributed by atoms with Crippen molar-refractivity contribution in [2.45, 2.75) is 58.3 Å². The first kappa shape index (κ1) is 15.8. The molecule has 2 heteroatoms. The molecule has 0 amide bonds. The highest BCUT2D eigenvalue weighted by molar-refractivity contribution is 5.91. The number of benzene rings is 1. The van der Waals surface area contributed by atoms with Crippen molar-refractivity contribution >= 4 is 16.6 Å². The molecule has 0 saturated carbocycles. The number of pyridine rings is 1. The van der Waals surface area contributed by atoms with Crippen LogP contribution in [0.3, 0.4) is 0 Å². The summed E-state index contributed by atoms with van der Waals surface area (Å²) in [5.41, 5.74) is 2.28. The first-order valence-corrected chi connectivity index (χ1v) is 8.49. The molecule has 0 unspecified atom stereocenters. The summed E-state index contributed by atoms with van der Waals surface area (Å²) < 4.78 is 0. The number of fused-ring (bicyclic) bond motifs is 1. The zero-order valence-corrected chi connectivity index (χ0v) is 13.3. The van der Waals surface area contributed by atoms with Gasteiger partial charge in [0.25, 0.3) is 0 Å². The van der Waals surface area contributed by atoms with Crippen LogP contribution < -0.4 is 5.32 Å². The number of nitrogens with one attached hydrogen (secondary N) is 1. The number of nitrogens with zero attached hydrogens (tertiary/aromatic N) is 1. The van der Waals surface area contributed by atoms with E-state index in [1.54, 1.807) is 0 Å². The van der Waals surface area contributed by atoms with E-state index in [-0.39, 0.29) is 0 Å². The average molecular weight is 284 g/mol. The van der Waals surface area contributed by atoms with Crippen molar-refractivity contribution in [2.75, 3.05) is 11.9 Å². The second-order valence-electron chi connectivity index (χ2n) is 5.78. The fraction of sp³-hybridized carbons (Fsp3) is 0.526. The quantitative estimate of drug-likeness (QED) is 0.559. The minimum absolute atomic E-state index is 1.06. The fourth-order valence-corrected chi connectivity index (χ4v) is 2.74. The lowest BCUT2D eigenvalue weighted by Crippen LogP contribution is -2.02. The van der Waals surface area contributed by atoms with Crippen molar-refractivity contribution in [3.8, 4) is 0 Å². The van der Waals surface area contributed by atoms with Crippen molar-refractivity contribution in [3.05, 3.63) is 36.5 Å². The summed E-state index contributed by atoms with van der Waals surface area (Å²) in [6.45, 7) is 3.33. The van der Waals surface area contributed by atoms with Crippen molar-refractivity contribution in [1.82, 2.24) is 4.98 Å². The maximum absolute atomic E-state index is 4.40. The second-order valence-corrected chi connectivity index (χ2v) is 5.78. The van der Waals surface area contributed by atoms with Crippen LogP contribution in [0.1, 0.15) is 58.3 Å². The van der Waals surface area contributed by atoms with Gasteiger partial charge in [-0.3, -0.25) is 4.98 Å². The summed E-state index contributed by atoms with van der Waals surface area (Å²) in [7, 11) is 0. The molecule has 0 fully saturated rings. The van der Waals surface area contributed by atoms with Crippen LogP contribution in [0.15, 0.2) is 36.5 Å². The number of anilines is 1. The average Bonchev–Trinajstić information content (AvgIpc) is 2.53. The Morgan fingerprint density at radius 1 is 0.857 bits per heavy atom. The van der Waals surface area contributed by atoms with E-state index in [2.05, 4.69) is 41.5 Å². The lowest BCUT2D eigenvalue weighted by atomic mass is 10.1. The second kappa shape index (κ2) is 9.38. The van der Waals surface area contributed by atoms with E-state index in [4.69, 9.17) is 0 Å². The molecule has 1 aromatic heterocycles. The predicted octanol–water partition coefficient (Wildman–Crippen LogP) is 5.79. The van der Waals surface area contributed by atoms with Crippen LogP contribution in [-0.4, -0.2) is 11.5 Å². The highest BCUT2D eigenvalue weighted by atomic mass is 14.9. The van der Waals surface area contributed by atoms with Crippen molar-refractivity contribution in [2.24, 2.45) is 0 Å². The largest absolute Gasteiger partial charge is 0.384 e. The molecule has 1 N–H and O–H groups in total. The summed E-state index contributed by atoms with van der Waals surface area (Å²) >= 11 is 0. The minimum atomic E-state index is 1.06. The van der Waals surface area contributed by atoms with Gasteiger partial charge in [-0.05, 0) is 30.7 Å². The topological polar surface area (TPSA) is 24.9 Å². The van der Waals surface area contributed by atoms with Gasteiger partial charge in [-0.2, -0.15) is 0 Å². The van der Waals surface area contributed by atoms with Gasteiger partial charge in [-0.1, -0.05) is 57.9 Å². The van der Waals surface area contributed by atoms with Gasteiger partial charge in [0.1, 0.15) is 0 Å². The summed E-state index contributed by atoms with van der Waals surface area (Å²) in [4.78, 5) is 4.40. The smallest absolute Gasteiger partial charge is 0.0722 e. The van der Waals surface area contributed by atoms with Gasteiger partial charge in [0, 0.05) is 23.8 Å². The standard InChI is InChI=1S/C19H28N2/c1-2-3-4-5-6-7-8-9-15-20-18-13-10-14-19-17(18)12-11-16-21-19/h10-14,16,20H,2-9,15H2,1H3. The molecule has 0 bridgehead atoms. The Bertz CT molecular complexity index is 516. The molecule has 114 valence electrons. The van der Waals surface area contributed by atoms with E-state index >= 15 is 0 Å². The SMILES string of the molecule is CCCCCCCCCCNc1cccc2ncccc12. The number of rotatable bonds is 10. The molecule has 1 heterocycles. The molecule has 0 aliphatic carbocycles. The van der Waals surface area contributed by atoms with E-state index in [1.165, 1.54) is 62.4 Å². The van der Waals surface area contributed by atoms with Crippen LogP contribution in [0.5, 0.6) is 0 Å². The normalized spacial score (nSPS) is 10.9. The zero-order valence-electron chi connectivity index (χ0n) is 13.3. The van der Waals surface area contributed by atoms with Crippen molar-refractivity contribution < 1.29 is 0 Å². The molecule has 0 atom stereocenters. The van der Waals surface area contributed by atoms with E-state index in [0.717, 1.165) is 12.1 Å². The Morgan fingerprint density at radius 3 is 2.43 bits per heavy atom. The van der Waals surface area contributed by atoms with Crippen LogP contribution in [0.2, 0.25) is 0 Å². The van der Waals surface area contributed by atoms with Crippen LogP contribution in [-0.2, 0) is 0 Å². The van der Waals surface area contributed by atoms with Gasteiger partial charge in [-0.15, -0.1) is 0 Å². The molecule has 2 rings (SSSR count). The Hall–Kier alpha value is -1.57. The number of aromatic nitrogens is 1. The van der Waals surface area contributed by atoms with E-state index in [9.17, 15) is 0 Å². The monoisotopic (exact) mass is 284 g/mol. The maximum Gasteiger partial charge on any atom is 0.0722 e. The molecule has 21 heavy (non-hydrogen) atoms. The van der Waals surface area contributed by atoms with Crippen LogP contribution in [0.25, 0.3) is 10.9 Å². The van der Waals surface area contributed by atoms with Crippen molar-refractivity contribution in [1.29, 1.82) is 0 Å². The molecular weight excluding hydrogens is 256 g/mol. The summed E-state index contributed by atoms with van der Waals surface area (Å²) in [6, 6.07) is 10.4. The number of hydrogen-bond acceptors (Lipinski definition) is 2. The first-order valence-electron chi connectivity index (χ1n) is 8.49. The molecule has 0 aliphatic rings. The number of unbranched alkanes of at least 4 members (excludes halogenated alkanes) is 7. The Labute approximate surface area is 129 Å². The van der Waals surface area contributed by atoms with Crippen LogP contribution in [0, 0.1) is 0 Å². The van der Waals surface area contributed by atoms with E-state index in [0.29, 0.717) is 0 Å². The zero-order chi connectivity index (χ0) is 14.8. The number of hydrogen-bond donors (Lipinski definition) is 1. The van der Waals surface area contributed by atoms with Gasteiger partial charge in [0.15, 0.2) is 0 Å². The predicted molar refractivity (Wildman–Crippen MR) is 92.8 cm³/mol. The Morgan fingerprint density at radius 2 is 1.62 bits per heavy atom. The van der Waals surface area contributed by atoms with Crippen molar-refractivity contribution in [3.63, 3.8) is 0 Å². The summed E-state index contributed by atoms with van der Waals surface area (Å²) in [6.07, 6.45) is 12.8. The lowest BCUT2D eigenvalue weighted by molar-refractivity contribution is 0.581. The summed E-state index contributed by atoms with van der Waals surface area (Å²) in [5, 5.41) is 4.78. The van der Waals surface area contributed by atoms with Crippen LogP contribution in [0.4, 0.5) is 5.69 Å². The van der Waals surface area contributed by atoms with Gasteiger partial charge in [0.05, 0.1) is 5.52 Å². The van der Waals surface area contributed by atoms with Gasteiger partial charge < -0.3 is 5.32 Å². The van der Waals surface area contributed by atoms with Gasteiger partial charge in [0.2, 0.25) is 0 Å². The third kappa shape index (κ3) is 5.37. The Kier molecular flexibility index (Phi) is 7.06. The maximum atomic E-state index is 4.40. The third-order valence-corrected chi connectivity index (χ3v) is 3.99. The molecule has 0 radical (unpaired) electrons. The molecular formula is C19H28N2. The Balaban J connectivity index is 1.64. The van der Waals surface area contributed by atoms with E-state index < -0.39 is 0 Å². The lowest BCUT2D eigenvalue weighted by Gasteiger charge is -2.09. The van der Waals surface area contributed by atoms with E-state index in [1.807, 2.05) is 12.3 Å². The fourth-order valence-electron chi connectivity index (χ4n) is 2.74. The van der Waals surface area contributed by atoms with Crippen LogP contribution >= 0.6 is 0 Å². The van der Waals surface area contributed by atoms with Gasteiger partial charge in [-0.25, -0.2) is 0 Å². The molecule has 0 aliphatic heterocycles. The molecule has 2 nitrogen and oxygen atoms in total. The van der Waals surface area contributed by atoms with Gasteiger partial charge >= 0.3 is 0 Å². The first-order chi connectivity index (χ1) is 10.4. The molecule has 1 aromatic carbocycles.